The van der Waals surface area contributed by atoms with Crippen LogP contribution in [0.25, 0.3) is 0 Å². The third-order valence-electron chi connectivity index (χ3n) is 3.16. The third-order valence-corrected chi connectivity index (χ3v) is 15.2. The summed E-state index contributed by atoms with van der Waals surface area (Å²) in [5.41, 5.74) is 0. The van der Waals surface area contributed by atoms with Crippen molar-refractivity contribution in [2.75, 3.05) is 19.8 Å². The first-order chi connectivity index (χ1) is 13.3. The summed E-state index contributed by atoms with van der Waals surface area (Å²) in [4.78, 5) is 22.0. The molecule has 0 bridgehead atoms. The van der Waals surface area contributed by atoms with Gasteiger partial charge in [0.05, 0.1) is 6.61 Å². The second kappa shape index (κ2) is 12.2. The van der Waals surface area contributed by atoms with E-state index in [2.05, 4.69) is 63.7 Å². The van der Waals surface area contributed by atoms with Gasteiger partial charge in [0.1, 0.15) is 12.7 Å². The van der Waals surface area contributed by atoms with Gasteiger partial charge >= 0.3 is 14.8 Å². The van der Waals surface area contributed by atoms with Crippen LogP contribution in [-0.2, 0) is 31.4 Å². The molecule has 1 atom stereocenters. The number of ether oxygens (including phenoxy) is 2. The molecule has 0 aliphatic heterocycles. The van der Waals surface area contributed by atoms with E-state index < -0.39 is 51.6 Å². The minimum Gasteiger partial charge on any atom is -0.457 e. The normalized spacial score (nSPS) is 14.5. The van der Waals surface area contributed by atoms with Crippen molar-refractivity contribution >= 4 is 45.5 Å². The Balaban J connectivity index is 4.88. The highest BCUT2D eigenvalue weighted by Crippen LogP contribution is 2.29. The first kappa shape index (κ1) is 29.8. The molecule has 0 radical (unpaired) electrons. The lowest BCUT2D eigenvalue weighted by Gasteiger charge is -2.42. The van der Waals surface area contributed by atoms with E-state index in [0.29, 0.717) is 19.1 Å². The average Bonchev–Trinajstić information content (AvgIpc) is 2.46. The molecule has 12 heteroatoms. The van der Waals surface area contributed by atoms with Crippen molar-refractivity contribution in [1.29, 1.82) is 0 Å². The number of rotatable bonds is 15. The quantitative estimate of drug-likeness (QED) is 0.159. The van der Waals surface area contributed by atoms with E-state index >= 15 is 0 Å². The van der Waals surface area contributed by atoms with Crippen LogP contribution in [0.3, 0.4) is 0 Å². The Morgan fingerprint density at radius 2 is 1.23 bits per heavy atom. The molecule has 0 saturated heterocycles. The van der Waals surface area contributed by atoms with Crippen LogP contribution in [0.5, 0.6) is 0 Å². The molecule has 0 spiro atoms. The van der Waals surface area contributed by atoms with Crippen LogP contribution in [0, 0.1) is 0 Å². The molecular formula is C18H42O8Si4. The molecule has 178 valence electrons. The highest BCUT2D eigenvalue weighted by molar-refractivity contribution is 6.90. The Hall–Kier alpha value is -0.192. The number of ketones is 1. The van der Waals surface area contributed by atoms with Crippen molar-refractivity contribution in [2.45, 2.75) is 84.4 Å². The molecular weight excluding hydrogens is 457 g/mol. The summed E-state index contributed by atoms with van der Waals surface area (Å²) < 4.78 is 30.0. The zero-order valence-corrected chi connectivity index (χ0v) is 24.4. The largest absolute Gasteiger partial charge is 0.469 e. The van der Waals surface area contributed by atoms with Crippen LogP contribution in [0.1, 0.15) is 13.3 Å². The smallest absolute Gasteiger partial charge is 0.457 e. The van der Waals surface area contributed by atoms with Gasteiger partial charge in [-0.3, -0.25) is 4.79 Å². The number of carbonyl (C=O) groups excluding carboxylic acids is 2. The first-order valence-corrected chi connectivity index (χ1v) is 22.5. The molecule has 0 aromatic rings. The van der Waals surface area contributed by atoms with Crippen molar-refractivity contribution < 1.29 is 36.5 Å². The summed E-state index contributed by atoms with van der Waals surface area (Å²) in [5.74, 6) is -1.66. The number of aliphatic hydroxyl groups excluding tert-OH is 1. The van der Waals surface area contributed by atoms with E-state index in [1.807, 2.05) is 0 Å². The predicted octanol–water partition coefficient (Wildman–Crippen LogP) is 3.38. The summed E-state index contributed by atoms with van der Waals surface area (Å²) in [7, 11) is -8.62. The fraction of sp³-hybridized carbons (Fsp3) is 0.889. The molecule has 1 unspecified atom stereocenters. The molecule has 0 heterocycles. The maximum atomic E-state index is 11.1. The second-order valence-corrected chi connectivity index (χ2v) is 27.3. The molecule has 0 aliphatic carbocycles. The van der Waals surface area contributed by atoms with Crippen LogP contribution in [-0.4, -0.2) is 76.5 Å². The maximum Gasteiger partial charge on any atom is 0.469 e. The molecule has 0 amide bonds. The Morgan fingerprint density at radius 1 is 0.800 bits per heavy atom. The SMILES string of the molecule is CC(=O)C(=O)OCC(O)COCCC[Si](O[Si](C)(C)C)(O[Si](C)(C)C)O[Si](C)(C)C. The van der Waals surface area contributed by atoms with Gasteiger partial charge in [-0.1, -0.05) is 0 Å². The topological polar surface area (TPSA) is 101 Å². The molecule has 0 rings (SSSR count). The average molecular weight is 499 g/mol. The second-order valence-electron chi connectivity index (χ2n) is 10.3. The van der Waals surface area contributed by atoms with Gasteiger partial charge in [-0.2, -0.15) is 0 Å². The number of hydrogen-bond acceptors (Lipinski definition) is 8. The van der Waals surface area contributed by atoms with E-state index in [1.54, 1.807) is 0 Å². The van der Waals surface area contributed by atoms with Crippen LogP contribution < -0.4 is 0 Å². The van der Waals surface area contributed by atoms with Gasteiger partial charge in [0.15, 0.2) is 25.0 Å². The number of Topliss-reactive ketones (excluding diaryl/α,β-unsaturated/α-hetero) is 1. The Morgan fingerprint density at radius 3 is 1.60 bits per heavy atom. The molecule has 0 aromatic carbocycles. The molecule has 8 nitrogen and oxygen atoms in total. The Kier molecular flexibility index (Phi) is 12.1. The zero-order chi connectivity index (χ0) is 23.8. The number of hydrogen-bond donors (Lipinski definition) is 1. The highest BCUT2D eigenvalue weighted by Gasteiger charge is 2.49. The van der Waals surface area contributed by atoms with E-state index in [4.69, 9.17) is 17.1 Å². The van der Waals surface area contributed by atoms with Crippen LogP contribution in [0.2, 0.25) is 65.0 Å². The van der Waals surface area contributed by atoms with Gasteiger partial charge in [0.25, 0.3) is 0 Å². The molecule has 0 aliphatic rings. The third kappa shape index (κ3) is 15.6. The Bertz CT molecular complexity index is 511. The van der Waals surface area contributed by atoms with Crippen molar-refractivity contribution in [3.63, 3.8) is 0 Å². The highest BCUT2D eigenvalue weighted by atomic mass is 28.5. The van der Waals surface area contributed by atoms with Crippen molar-refractivity contribution in [3.8, 4) is 0 Å². The zero-order valence-electron chi connectivity index (χ0n) is 20.4. The minimum atomic E-state index is -2.89. The lowest BCUT2D eigenvalue weighted by atomic mass is 10.4. The number of esters is 1. The molecule has 0 fully saturated rings. The van der Waals surface area contributed by atoms with Crippen molar-refractivity contribution in [1.82, 2.24) is 0 Å². The summed E-state index contributed by atoms with van der Waals surface area (Å²) >= 11 is 0. The van der Waals surface area contributed by atoms with Crippen LogP contribution in [0.4, 0.5) is 0 Å². The van der Waals surface area contributed by atoms with E-state index in [0.717, 1.165) is 6.92 Å². The predicted molar refractivity (Wildman–Crippen MR) is 127 cm³/mol. The fourth-order valence-corrected chi connectivity index (χ4v) is 17.2. The standard InChI is InChI=1S/C18H42O8Si4/c1-16(19)18(21)23-15-17(20)14-22-12-11-13-30(24-27(2,3)4,25-28(5,6)7)26-29(8,9)10/h17,20H,11-15H2,1-10H3. The van der Waals surface area contributed by atoms with Gasteiger partial charge < -0.3 is 26.9 Å². The number of aliphatic hydroxyl groups is 1. The van der Waals surface area contributed by atoms with Crippen molar-refractivity contribution in [2.24, 2.45) is 0 Å². The van der Waals surface area contributed by atoms with E-state index in [-0.39, 0.29) is 13.2 Å². The van der Waals surface area contributed by atoms with Gasteiger partial charge in [0, 0.05) is 19.6 Å². The summed E-state index contributed by atoms with van der Waals surface area (Å²) in [5, 5.41) is 9.84. The summed E-state index contributed by atoms with van der Waals surface area (Å²) in [6.07, 6.45) is -0.309. The van der Waals surface area contributed by atoms with E-state index in [1.165, 1.54) is 0 Å². The summed E-state index contributed by atoms with van der Waals surface area (Å²) in [6, 6.07) is 0.654. The Labute approximate surface area is 186 Å². The van der Waals surface area contributed by atoms with Gasteiger partial charge in [-0.15, -0.1) is 0 Å². The number of carbonyl (C=O) groups is 2. The molecule has 1 N–H and O–H groups in total. The summed E-state index contributed by atoms with van der Waals surface area (Å²) in [6.45, 7) is 20.6. The van der Waals surface area contributed by atoms with Crippen LogP contribution in [0.15, 0.2) is 0 Å². The first-order valence-electron chi connectivity index (χ1n) is 10.4. The minimum absolute atomic E-state index is 0.0123. The van der Waals surface area contributed by atoms with Crippen LogP contribution >= 0.6 is 0 Å². The van der Waals surface area contributed by atoms with Crippen molar-refractivity contribution in [3.05, 3.63) is 0 Å². The van der Waals surface area contributed by atoms with E-state index in [9.17, 15) is 14.7 Å². The monoisotopic (exact) mass is 498 g/mol. The molecule has 30 heavy (non-hydrogen) atoms. The molecule has 0 saturated carbocycles. The van der Waals surface area contributed by atoms with Gasteiger partial charge in [-0.05, 0) is 65.3 Å². The lowest BCUT2D eigenvalue weighted by molar-refractivity contribution is -0.155. The van der Waals surface area contributed by atoms with Gasteiger partial charge in [-0.25, -0.2) is 4.79 Å². The maximum absolute atomic E-state index is 11.1. The fourth-order valence-electron chi connectivity index (χ4n) is 2.55. The van der Waals surface area contributed by atoms with Gasteiger partial charge in [0.2, 0.25) is 5.78 Å². The lowest BCUT2D eigenvalue weighted by Crippen LogP contribution is -2.60. The molecule has 0 aromatic heterocycles.